The first-order chi connectivity index (χ1) is 11.8. The highest BCUT2D eigenvalue weighted by molar-refractivity contribution is 5.90. The average Bonchev–Trinajstić information content (AvgIpc) is 2.88. The number of allylic oxidation sites excluding steroid dienone is 1. The molecule has 2 atom stereocenters. The number of aryl methyl sites for hydroxylation is 2. The number of hydrogen-bond acceptors (Lipinski definition) is 3. The minimum atomic E-state index is -0.386. The van der Waals surface area contributed by atoms with Gasteiger partial charge in [0.25, 0.3) is 0 Å². The third-order valence-corrected chi connectivity index (χ3v) is 4.06. The minimum absolute atomic E-state index is 0.00209. The molecule has 0 aliphatic carbocycles. The smallest absolute Gasteiger partial charge is 0.319 e. The molecule has 1 saturated heterocycles. The Morgan fingerprint density at radius 2 is 1.96 bits per heavy atom. The van der Waals surface area contributed by atoms with Gasteiger partial charge in [-0.1, -0.05) is 12.1 Å². The van der Waals surface area contributed by atoms with Gasteiger partial charge in [-0.2, -0.15) is 0 Å². The molecule has 3 amide bonds. The van der Waals surface area contributed by atoms with Crippen molar-refractivity contribution in [2.75, 3.05) is 11.9 Å². The van der Waals surface area contributed by atoms with E-state index in [1.807, 2.05) is 32.0 Å². The number of anilines is 1. The Labute approximate surface area is 148 Å². The second-order valence-corrected chi connectivity index (χ2v) is 6.56. The molecule has 2 unspecified atom stereocenters. The van der Waals surface area contributed by atoms with Crippen LogP contribution in [0.4, 0.5) is 10.5 Å². The maximum atomic E-state index is 12.3. The van der Waals surface area contributed by atoms with Crippen molar-refractivity contribution in [2.45, 2.75) is 39.7 Å². The lowest BCUT2D eigenvalue weighted by Gasteiger charge is -2.18. The zero-order valence-electron chi connectivity index (χ0n) is 14.9. The topological polar surface area (TPSA) is 87.3 Å². The molecule has 2 rings (SSSR count). The summed E-state index contributed by atoms with van der Waals surface area (Å²) in [6, 6.07) is 5.06. The van der Waals surface area contributed by atoms with Crippen LogP contribution in [0.3, 0.4) is 0 Å². The molecule has 1 aliphatic rings. The van der Waals surface area contributed by atoms with Gasteiger partial charge >= 0.3 is 6.03 Å². The lowest BCUT2D eigenvalue weighted by atomic mass is 9.98. The van der Waals surface area contributed by atoms with Gasteiger partial charge in [0.05, 0.1) is 6.04 Å². The Morgan fingerprint density at radius 3 is 2.52 bits per heavy atom. The molecule has 25 heavy (non-hydrogen) atoms. The molecule has 3 N–H and O–H groups in total. The molecule has 0 radical (unpaired) electrons. The first kappa shape index (κ1) is 18.7. The van der Waals surface area contributed by atoms with E-state index in [1.165, 1.54) is 13.0 Å². The van der Waals surface area contributed by atoms with E-state index in [0.29, 0.717) is 18.7 Å². The zero-order chi connectivity index (χ0) is 18.4. The summed E-state index contributed by atoms with van der Waals surface area (Å²) in [5, 5.41) is 8.43. The van der Waals surface area contributed by atoms with Crippen molar-refractivity contribution in [1.82, 2.24) is 10.6 Å². The summed E-state index contributed by atoms with van der Waals surface area (Å²) in [6.07, 6.45) is 4.28. The van der Waals surface area contributed by atoms with Gasteiger partial charge in [0, 0.05) is 18.2 Å². The standard InChI is InChI=1S/C19H25N3O3/c1-12-8-13(2)10-17(9-12)22-19(25)21-16(5-4-14(3)23)11-15-6-7-20-18(15)24/h4-5,8-10,15-16H,6-7,11H2,1-3H3,(H,20,24)(H2,21,22,25)/b5-4+. The van der Waals surface area contributed by atoms with E-state index in [2.05, 4.69) is 16.0 Å². The molecular formula is C19H25N3O3. The van der Waals surface area contributed by atoms with Crippen LogP contribution in [0.25, 0.3) is 0 Å². The van der Waals surface area contributed by atoms with E-state index < -0.39 is 0 Å². The molecular weight excluding hydrogens is 318 g/mol. The van der Waals surface area contributed by atoms with E-state index in [4.69, 9.17) is 0 Å². The SMILES string of the molecule is CC(=O)/C=C/C(CC1CCNC1=O)NC(=O)Nc1cc(C)cc(C)c1. The molecule has 0 saturated carbocycles. The van der Waals surface area contributed by atoms with Crippen molar-refractivity contribution in [3.8, 4) is 0 Å². The fourth-order valence-electron chi connectivity index (χ4n) is 3.00. The van der Waals surface area contributed by atoms with Gasteiger partial charge in [-0.3, -0.25) is 9.59 Å². The molecule has 1 heterocycles. The maximum absolute atomic E-state index is 12.3. The third kappa shape index (κ3) is 6.06. The first-order valence-electron chi connectivity index (χ1n) is 8.46. The van der Waals surface area contributed by atoms with Crippen LogP contribution < -0.4 is 16.0 Å². The van der Waals surface area contributed by atoms with Crippen LogP contribution in [-0.2, 0) is 9.59 Å². The molecule has 1 aromatic carbocycles. The van der Waals surface area contributed by atoms with Crippen molar-refractivity contribution in [3.05, 3.63) is 41.5 Å². The van der Waals surface area contributed by atoms with E-state index in [-0.39, 0.29) is 29.7 Å². The summed E-state index contributed by atoms with van der Waals surface area (Å²) in [4.78, 5) is 35.3. The van der Waals surface area contributed by atoms with Crippen LogP contribution in [0.1, 0.15) is 30.9 Å². The fraction of sp³-hybridized carbons (Fsp3) is 0.421. The summed E-state index contributed by atoms with van der Waals surface area (Å²) in [7, 11) is 0. The third-order valence-electron chi connectivity index (χ3n) is 4.06. The Bertz CT molecular complexity index is 677. The van der Waals surface area contributed by atoms with Gasteiger partial charge in [-0.15, -0.1) is 0 Å². The number of urea groups is 1. The summed E-state index contributed by atoms with van der Waals surface area (Å²) >= 11 is 0. The highest BCUT2D eigenvalue weighted by atomic mass is 16.2. The van der Waals surface area contributed by atoms with Crippen LogP contribution >= 0.6 is 0 Å². The van der Waals surface area contributed by atoms with Gasteiger partial charge in [0.15, 0.2) is 5.78 Å². The second kappa shape index (κ2) is 8.46. The minimum Gasteiger partial charge on any atom is -0.356 e. The molecule has 0 aromatic heterocycles. The predicted molar refractivity (Wildman–Crippen MR) is 97.4 cm³/mol. The van der Waals surface area contributed by atoms with Crippen LogP contribution in [0, 0.1) is 19.8 Å². The highest BCUT2D eigenvalue weighted by Crippen LogP contribution is 2.17. The monoisotopic (exact) mass is 343 g/mol. The number of carbonyl (C=O) groups is 3. The van der Waals surface area contributed by atoms with Gasteiger partial charge in [0.1, 0.15) is 0 Å². The molecule has 0 bridgehead atoms. The predicted octanol–water partition coefficient (Wildman–Crippen LogP) is 2.46. The number of hydrogen-bond donors (Lipinski definition) is 3. The number of benzene rings is 1. The van der Waals surface area contributed by atoms with Crippen molar-refractivity contribution in [3.63, 3.8) is 0 Å². The number of carbonyl (C=O) groups excluding carboxylic acids is 3. The molecule has 1 aromatic rings. The van der Waals surface area contributed by atoms with Gasteiger partial charge in [-0.25, -0.2) is 4.79 Å². The van der Waals surface area contributed by atoms with Crippen molar-refractivity contribution in [1.29, 1.82) is 0 Å². The van der Waals surface area contributed by atoms with E-state index >= 15 is 0 Å². The summed E-state index contributed by atoms with van der Waals surface area (Å²) in [6.45, 7) is 6.03. The Balaban J connectivity index is 2.02. The molecule has 1 fully saturated rings. The van der Waals surface area contributed by atoms with Gasteiger partial charge in [0.2, 0.25) is 5.91 Å². The summed E-state index contributed by atoms with van der Waals surface area (Å²) < 4.78 is 0. The Morgan fingerprint density at radius 1 is 1.28 bits per heavy atom. The van der Waals surface area contributed by atoms with E-state index in [9.17, 15) is 14.4 Å². The van der Waals surface area contributed by atoms with Gasteiger partial charge in [-0.05, 0) is 62.9 Å². The molecule has 0 spiro atoms. The number of amides is 3. The lowest BCUT2D eigenvalue weighted by Crippen LogP contribution is -2.39. The maximum Gasteiger partial charge on any atom is 0.319 e. The van der Waals surface area contributed by atoms with Crippen molar-refractivity contribution in [2.24, 2.45) is 5.92 Å². The highest BCUT2D eigenvalue weighted by Gasteiger charge is 2.27. The Kier molecular flexibility index (Phi) is 6.33. The zero-order valence-corrected chi connectivity index (χ0v) is 14.9. The average molecular weight is 343 g/mol. The van der Waals surface area contributed by atoms with Crippen molar-refractivity contribution >= 4 is 23.4 Å². The Hall–Kier alpha value is -2.63. The molecule has 1 aliphatic heterocycles. The molecule has 134 valence electrons. The second-order valence-electron chi connectivity index (χ2n) is 6.56. The van der Waals surface area contributed by atoms with Crippen LogP contribution in [0.2, 0.25) is 0 Å². The molecule has 6 heteroatoms. The quantitative estimate of drug-likeness (QED) is 0.694. The summed E-state index contributed by atoms with van der Waals surface area (Å²) in [5.74, 6) is -0.252. The van der Waals surface area contributed by atoms with Crippen LogP contribution in [0.5, 0.6) is 0 Å². The van der Waals surface area contributed by atoms with E-state index in [0.717, 1.165) is 17.5 Å². The number of nitrogens with one attached hydrogen (secondary N) is 3. The number of rotatable bonds is 6. The first-order valence-corrected chi connectivity index (χ1v) is 8.46. The fourth-order valence-corrected chi connectivity index (χ4v) is 3.00. The summed E-state index contributed by atoms with van der Waals surface area (Å²) in [5.41, 5.74) is 2.83. The van der Waals surface area contributed by atoms with Gasteiger partial charge < -0.3 is 16.0 Å². The molecule has 6 nitrogen and oxygen atoms in total. The normalized spacial score (nSPS) is 18.0. The number of ketones is 1. The van der Waals surface area contributed by atoms with E-state index in [1.54, 1.807) is 6.08 Å². The largest absolute Gasteiger partial charge is 0.356 e. The van der Waals surface area contributed by atoms with Crippen molar-refractivity contribution < 1.29 is 14.4 Å². The van der Waals surface area contributed by atoms with Crippen LogP contribution in [-0.4, -0.2) is 30.3 Å². The lowest BCUT2D eigenvalue weighted by molar-refractivity contribution is -0.122. The van der Waals surface area contributed by atoms with Crippen LogP contribution in [0.15, 0.2) is 30.4 Å².